The molecule has 0 radical (unpaired) electrons. The van der Waals surface area contributed by atoms with Crippen molar-refractivity contribution in [2.75, 3.05) is 12.8 Å². The maximum atomic E-state index is 14.1. The van der Waals surface area contributed by atoms with Gasteiger partial charge in [-0.1, -0.05) is 17.7 Å². The van der Waals surface area contributed by atoms with Gasteiger partial charge in [-0.2, -0.15) is 4.98 Å². The van der Waals surface area contributed by atoms with Crippen molar-refractivity contribution in [1.29, 1.82) is 0 Å². The summed E-state index contributed by atoms with van der Waals surface area (Å²) in [6, 6.07) is 0. The van der Waals surface area contributed by atoms with E-state index in [4.69, 9.17) is 22.1 Å². The second-order valence-corrected chi connectivity index (χ2v) is 7.59. The Kier molecular flexibility index (Phi) is 5.04. The lowest BCUT2D eigenvalue weighted by Crippen LogP contribution is -2.31. The van der Waals surface area contributed by atoms with E-state index in [1.165, 1.54) is 25.5 Å². The van der Waals surface area contributed by atoms with Gasteiger partial charge in [0.2, 0.25) is 11.8 Å². The van der Waals surface area contributed by atoms with Crippen molar-refractivity contribution in [3.63, 3.8) is 0 Å². The molecule has 4 rings (SSSR count). The second-order valence-electron chi connectivity index (χ2n) is 7.18. The summed E-state index contributed by atoms with van der Waals surface area (Å²) in [7, 11) is 1.45. The van der Waals surface area contributed by atoms with Crippen molar-refractivity contribution in [1.82, 2.24) is 19.9 Å². The van der Waals surface area contributed by atoms with Crippen molar-refractivity contribution in [3.05, 3.63) is 58.1 Å². The number of anilines is 1. The van der Waals surface area contributed by atoms with Gasteiger partial charge in [-0.3, -0.25) is 4.79 Å². The average molecular weight is 416 g/mol. The molecule has 0 aromatic carbocycles. The number of hydrogen-bond acceptors (Lipinski definition) is 7. The van der Waals surface area contributed by atoms with Crippen LogP contribution in [0, 0.1) is 18.8 Å². The topological polar surface area (TPSA) is 104 Å². The van der Waals surface area contributed by atoms with Gasteiger partial charge in [0.1, 0.15) is 16.7 Å². The Hall–Kier alpha value is -2.87. The van der Waals surface area contributed by atoms with Crippen LogP contribution in [0.5, 0.6) is 5.88 Å². The summed E-state index contributed by atoms with van der Waals surface area (Å²) in [4.78, 5) is 29.8. The van der Waals surface area contributed by atoms with Crippen molar-refractivity contribution in [3.8, 4) is 5.88 Å². The van der Waals surface area contributed by atoms with Gasteiger partial charge < -0.3 is 10.5 Å². The number of methoxy groups -OCH3 is 1. The zero-order valence-corrected chi connectivity index (χ0v) is 16.7. The summed E-state index contributed by atoms with van der Waals surface area (Å²) in [5, 5.41) is 0.271. The number of nitrogens with two attached hydrogens (primary N) is 1. The fraction of sp³-hybridized carbons (Fsp3) is 0.350. The molecule has 29 heavy (non-hydrogen) atoms. The number of Topliss-reactive ketones (excluding diaryl/α,β-unsaturated/α-hetero) is 1. The highest BCUT2D eigenvalue weighted by atomic mass is 35.5. The predicted octanol–water partition coefficient (Wildman–Crippen LogP) is 3.39. The molecule has 2 aliphatic carbocycles. The van der Waals surface area contributed by atoms with E-state index in [9.17, 15) is 9.18 Å². The predicted molar refractivity (Wildman–Crippen MR) is 105 cm³/mol. The number of nitrogens with zero attached hydrogens (tertiary/aromatic N) is 4. The zero-order chi connectivity index (χ0) is 20.7. The summed E-state index contributed by atoms with van der Waals surface area (Å²) < 4.78 is 19.3. The number of aryl methyl sites for hydroxylation is 1. The van der Waals surface area contributed by atoms with Crippen LogP contribution in [0.4, 0.5) is 10.3 Å². The Bertz CT molecular complexity index is 1060. The van der Waals surface area contributed by atoms with Gasteiger partial charge in [0.15, 0.2) is 5.78 Å². The van der Waals surface area contributed by atoms with Crippen molar-refractivity contribution in [2.45, 2.75) is 25.7 Å². The molecule has 2 N–H and O–H groups in total. The van der Waals surface area contributed by atoms with Gasteiger partial charge in [0.05, 0.1) is 30.3 Å². The van der Waals surface area contributed by atoms with E-state index >= 15 is 0 Å². The minimum Gasteiger partial charge on any atom is -0.480 e. The number of aromatic nitrogens is 4. The first kappa shape index (κ1) is 19.4. The molecule has 7 nitrogen and oxygen atoms in total. The summed E-state index contributed by atoms with van der Waals surface area (Å²) in [5.74, 6) is -0.451. The first-order valence-electron chi connectivity index (χ1n) is 9.15. The fourth-order valence-corrected chi connectivity index (χ4v) is 4.29. The van der Waals surface area contributed by atoms with Crippen LogP contribution in [0.25, 0.3) is 0 Å². The molecule has 3 atom stereocenters. The van der Waals surface area contributed by atoms with Crippen LogP contribution in [0.3, 0.4) is 0 Å². The summed E-state index contributed by atoms with van der Waals surface area (Å²) in [6.45, 7) is 1.75. The molecule has 0 fully saturated rings. The lowest BCUT2D eigenvalue weighted by atomic mass is 9.71. The molecular formula is C20H19ClFN5O2. The summed E-state index contributed by atoms with van der Waals surface area (Å²) in [6.07, 6.45) is 6.90. The molecule has 2 unspecified atom stereocenters. The number of halogens is 2. The normalized spacial score (nSPS) is 23.5. The first-order valence-corrected chi connectivity index (χ1v) is 9.53. The van der Waals surface area contributed by atoms with E-state index in [1.54, 1.807) is 13.0 Å². The molecule has 150 valence electrons. The van der Waals surface area contributed by atoms with Crippen molar-refractivity contribution in [2.24, 2.45) is 11.8 Å². The molecule has 2 aliphatic rings. The van der Waals surface area contributed by atoms with Crippen LogP contribution in [0.1, 0.15) is 39.9 Å². The maximum absolute atomic E-state index is 14.1. The second kappa shape index (κ2) is 7.51. The quantitative estimate of drug-likeness (QED) is 0.819. The van der Waals surface area contributed by atoms with Gasteiger partial charge in [-0.25, -0.2) is 19.3 Å². The van der Waals surface area contributed by atoms with Crippen LogP contribution < -0.4 is 10.5 Å². The van der Waals surface area contributed by atoms with Gasteiger partial charge >= 0.3 is 0 Å². The van der Waals surface area contributed by atoms with Crippen LogP contribution >= 0.6 is 11.6 Å². The molecule has 0 saturated carbocycles. The van der Waals surface area contributed by atoms with Crippen LogP contribution in [-0.2, 0) is 6.42 Å². The number of allylic oxidation sites excluding steroid dienone is 4. The Morgan fingerprint density at radius 1 is 1.28 bits per heavy atom. The summed E-state index contributed by atoms with van der Waals surface area (Å²) in [5.41, 5.74) is 7.54. The number of carbonyl (C=O) groups is 1. The molecule has 0 amide bonds. The number of ketones is 1. The smallest absolute Gasteiger partial charge is 0.235 e. The third kappa shape index (κ3) is 3.60. The minimum atomic E-state index is -0.467. The van der Waals surface area contributed by atoms with E-state index in [0.29, 0.717) is 35.6 Å². The van der Waals surface area contributed by atoms with Crippen molar-refractivity contribution < 1.29 is 13.9 Å². The van der Waals surface area contributed by atoms with E-state index in [-0.39, 0.29) is 40.3 Å². The maximum Gasteiger partial charge on any atom is 0.235 e. The van der Waals surface area contributed by atoms with E-state index in [2.05, 4.69) is 19.9 Å². The van der Waals surface area contributed by atoms with Gasteiger partial charge in [-0.15, -0.1) is 0 Å². The Morgan fingerprint density at radius 2 is 2.07 bits per heavy atom. The Labute approximate surface area is 171 Å². The highest BCUT2D eigenvalue weighted by Gasteiger charge is 2.38. The molecule has 0 spiro atoms. The molecule has 2 aromatic rings. The number of carbonyl (C=O) groups excluding carboxylic acids is 1. The zero-order valence-electron chi connectivity index (χ0n) is 15.9. The van der Waals surface area contributed by atoms with Gasteiger partial charge in [0, 0.05) is 12.3 Å². The number of rotatable bonds is 3. The first-order chi connectivity index (χ1) is 13.9. The number of ether oxygens (including phenoxy) is 1. The van der Waals surface area contributed by atoms with E-state index < -0.39 is 5.92 Å². The molecule has 0 saturated heterocycles. The molecule has 0 aliphatic heterocycles. The SMILES string of the molecule is COc1nc(C2C=C(F)C=CC2[C@H]2CC(=O)c3c(C)nc(N)nc3C2)ncc1Cl. The number of hydrogen-bond donors (Lipinski definition) is 1. The molecule has 9 heteroatoms. The standard InChI is InChI=1S/C20H19ClFN5O2/c1-9-17-15(26-20(23)25-9)5-10(6-16(17)28)12-4-3-11(22)7-13(12)18-24-8-14(21)19(27-18)29-2/h3-4,7-8,10,12-13H,5-6H2,1-2H3,(H2,23,25,26)/t10-,12?,13?/m1/s1. The number of fused-ring (bicyclic) bond motifs is 1. The van der Waals surface area contributed by atoms with Crippen molar-refractivity contribution >= 4 is 23.3 Å². The highest BCUT2D eigenvalue weighted by Crippen LogP contribution is 2.42. The van der Waals surface area contributed by atoms with E-state index in [1.807, 2.05) is 0 Å². The minimum absolute atomic E-state index is 0.0365. The average Bonchev–Trinajstić information content (AvgIpc) is 2.67. The van der Waals surface area contributed by atoms with Gasteiger partial charge in [-0.05, 0) is 37.3 Å². The lowest BCUT2D eigenvalue weighted by Gasteiger charge is -2.33. The van der Waals surface area contributed by atoms with Crippen LogP contribution in [0.15, 0.2) is 30.3 Å². The third-order valence-electron chi connectivity index (χ3n) is 5.36. The summed E-state index contributed by atoms with van der Waals surface area (Å²) >= 11 is 6.03. The fourth-order valence-electron chi connectivity index (χ4n) is 4.13. The van der Waals surface area contributed by atoms with E-state index in [0.717, 1.165) is 0 Å². The molecule has 2 aromatic heterocycles. The van der Waals surface area contributed by atoms with Crippen LogP contribution in [-0.4, -0.2) is 32.8 Å². The highest BCUT2D eigenvalue weighted by molar-refractivity contribution is 6.31. The molecule has 2 heterocycles. The third-order valence-corrected chi connectivity index (χ3v) is 5.62. The molecular weight excluding hydrogens is 397 g/mol. The Morgan fingerprint density at radius 3 is 2.83 bits per heavy atom. The largest absolute Gasteiger partial charge is 0.480 e. The lowest BCUT2D eigenvalue weighted by molar-refractivity contribution is 0.0928. The molecule has 0 bridgehead atoms. The Balaban J connectivity index is 1.71. The monoisotopic (exact) mass is 415 g/mol. The van der Waals surface area contributed by atoms with Crippen LogP contribution in [0.2, 0.25) is 5.02 Å². The van der Waals surface area contributed by atoms with Gasteiger partial charge in [0.25, 0.3) is 0 Å². The number of nitrogen functional groups attached to an aromatic ring is 1.